The largest absolute Gasteiger partial charge is 0.364 e. The Morgan fingerprint density at radius 3 is 2.52 bits per heavy atom. The summed E-state index contributed by atoms with van der Waals surface area (Å²) in [5, 5.41) is 0. The van der Waals surface area contributed by atoms with Gasteiger partial charge >= 0.3 is 0 Å². The summed E-state index contributed by atoms with van der Waals surface area (Å²) in [5.74, 6) is -0.230. The van der Waals surface area contributed by atoms with Gasteiger partial charge in [-0.05, 0) is 30.7 Å². The average molecular weight is 315 g/mol. The topological polar surface area (TPSA) is 46.6 Å². The molecule has 2 amide bonds. The Kier molecular flexibility index (Phi) is 3.83. The van der Waals surface area contributed by atoms with E-state index in [0.29, 0.717) is 6.61 Å². The molecule has 2 aliphatic rings. The molecule has 1 aromatic carbocycles. The number of imide groups is 1. The van der Waals surface area contributed by atoms with E-state index in [1.54, 1.807) is 6.92 Å². The van der Waals surface area contributed by atoms with Gasteiger partial charge in [0.05, 0.1) is 12.0 Å². The van der Waals surface area contributed by atoms with E-state index in [-0.39, 0.29) is 23.3 Å². The Balaban J connectivity index is 1.70. The zero-order valence-corrected chi connectivity index (χ0v) is 14.3. The Labute approximate surface area is 137 Å². The van der Waals surface area contributed by atoms with Crippen LogP contribution in [0.3, 0.4) is 0 Å². The van der Waals surface area contributed by atoms with Crippen molar-refractivity contribution in [3.63, 3.8) is 0 Å². The molecule has 1 saturated carbocycles. The second-order valence-corrected chi connectivity index (χ2v) is 7.56. The van der Waals surface area contributed by atoms with Crippen LogP contribution in [0, 0.1) is 10.8 Å². The van der Waals surface area contributed by atoms with Crippen molar-refractivity contribution in [2.75, 3.05) is 0 Å². The number of likely N-dealkylation sites (tertiary alicyclic amines) is 1. The third kappa shape index (κ3) is 2.31. The van der Waals surface area contributed by atoms with Crippen LogP contribution >= 0.6 is 0 Å². The number of carbonyl (C=O) groups excluding carboxylic acids is 2. The van der Waals surface area contributed by atoms with Gasteiger partial charge in [-0.1, -0.05) is 51.1 Å². The predicted molar refractivity (Wildman–Crippen MR) is 87.5 cm³/mol. The van der Waals surface area contributed by atoms with Gasteiger partial charge in [0.25, 0.3) is 5.91 Å². The molecule has 0 N–H and O–H groups in total. The lowest BCUT2D eigenvalue weighted by atomic mass is 9.70. The predicted octanol–water partition coefficient (Wildman–Crippen LogP) is 3.16. The fourth-order valence-corrected chi connectivity index (χ4v) is 4.03. The lowest BCUT2D eigenvalue weighted by Crippen LogP contribution is -2.48. The van der Waals surface area contributed by atoms with Gasteiger partial charge in [0, 0.05) is 6.04 Å². The van der Waals surface area contributed by atoms with Crippen LogP contribution < -0.4 is 0 Å². The molecule has 0 aromatic heterocycles. The van der Waals surface area contributed by atoms with E-state index in [0.717, 1.165) is 18.4 Å². The summed E-state index contributed by atoms with van der Waals surface area (Å²) in [4.78, 5) is 27.0. The number of nitrogens with zero attached hydrogens (tertiary/aromatic N) is 1. The first kappa shape index (κ1) is 16.2. The van der Waals surface area contributed by atoms with Crippen LogP contribution in [0.15, 0.2) is 30.3 Å². The van der Waals surface area contributed by atoms with Crippen molar-refractivity contribution in [1.82, 2.24) is 4.90 Å². The number of fused-ring (bicyclic) bond motifs is 2. The van der Waals surface area contributed by atoms with Crippen LogP contribution in [-0.2, 0) is 20.9 Å². The molecule has 0 spiro atoms. The lowest BCUT2D eigenvalue weighted by Gasteiger charge is -2.30. The highest BCUT2D eigenvalue weighted by Crippen LogP contribution is 2.60. The maximum atomic E-state index is 12.8. The Hall–Kier alpha value is -1.68. The van der Waals surface area contributed by atoms with Crippen LogP contribution in [0.4, 0.5) is 0 Å². The minimum atomic E-state index is -0.613. The van der Waals surface area contributed by atoms with E-state index in [4.69, 9.17) is 4.74 Å². The van der Waals surface area contributed by atoms with Crippen molar-refractivity contribution >= 4 is 11.8 Å². The number of piperidine rings is 1. The number of carbonyl (C=O) groups is 2. The van der Waals surface area contributed by atoms with Crippen molar-refractivity contribution in [3.05, 3.63) is 35.9 Å². The average Bonchev–Trinajstić information content (AvgIpc) is 2.85. The zero-order valence-electron chi connectivity index (χ0n) is 14.3. The smallest absolute Gasteiger partial charge is 0.258 e. The van der Waals surface area contributed by atoms with Crippen LogP contribution in [0.1, 0.15) is 46.1 Å². The molecule has 1 saturated heterocycles. The summed E-state index contributed by atoms with van der Waals surface area (Å²) >= 11 is 0. The van der Waals surface area contributed by atoms with Crippen molar-refractivity contribution in [2.45, 2.75) is 59.3 Å². The van der Waals surface area contributed by atoms with Gasteiger partial charge in [0.2, 0.25) is 5.91 Å². The Bertz CT molecular complexity index is 625. The summed E-state index contributed by atoms with van der Waals surface area (Å²) in [6.45, 7) is 8.32. The number of benzene rings is 1. The van der Waals surface area contributed by atoms with Gasteiger partial charge in [0.15, 0.2) is 0 Å². The summed E-state index contributed by atoms with van der Waals surface area (Å²) in [7, 11) is 0. The van der Waals surface area contributed by atoms with E-state index in [2.05, 4.69) is 13.8 Å². The van der Waals surface area contributed by atoms with Crippen molar-refractivity contribution < 1.29 is 14.3 Å². The first-order valence-electron chi connectivity index (χ1n) is 8.32. The molecule has 23 heavy (non-hydrogen) atoms. The molecule has 4 nitrogen and oxygen atoms in total. The molecule has 0 radical (unpaired) electrons. The fraction of sp³-hybridized carbons (Fsp3) is 0.579. The van der Waals surface area contributed by atoms with Crippen molar-refractivity contribution in [3.8, 4) is 0 Å². The molecule has 1 heterocycles. The van der Waals surface area contributed by atoms with Gasteiger partial charge in [-0.25, -0.2) is 0 Å². The van der Waals surface area contributed by atoms with E-state index in [9.17, 15) is 9.59 Å². The lowest BCUT2D eigenvalue weighted by molar-refractivity contribution is -0.156. The number of rotatable bonds is 4. The standard InChI is InChI=1S/C19H25NO3/c1-13(23-12-14-8-6-5-7-9-14)16(21)20-15-10-11-19(4,17(20)22)18(15,2)3/h5-9,13,15H,10-12H2,1-4H3/t13?,15-,19-/m0/s1. The normalized spacial score (nSPS) is 29.8. The Morgan fingerprint density at radius 1 is 1.30 bits per heavy atom. The first-order valence-corrected chi connectivity index (χ1v) is 8.32. The first-order chi connectivity index (χ1) is 10.8. The van der Waals surface area contributed by atoms with Crippen molar-refractivity contribution in [1.29, 1.82) is 0 Å². The maximum absolute atomic E-state index is 12.8. The van der Waals surface area contributed by atoms with Crippen LogP contribution in [0.2, 0.25) is 0 Å². The fourth-order valence-electron chi connectivity index (χ4n) is 4.03. The van der Waals surface area contributed by atoms with Gasteiger partial charge < -0.3 is 4.74 Å². The molecular weight excluding hydrogens is 290 g/mol. The van der Waals surface area contributed by atoms with Gasteiger partial charge in [-0.2, -0.15) is 0 Å². The van der Waals surface area contributed by atoms with Crippen LogP contribution in [-0.4, -0.2) is 28.9 Å². The quantitative estimate of drug-likeness (QED) is 0.857. The number of ether oxygens (including phenoxy) is 1. The highest BCUT2D eigenvalue weighted by atomic mass is 16.5. The zero-order chi connectivity index (χ0) is 16.8. The number of hydrogen-bond acceptors (Lipinski definition) is 3. The molecule has 1 unspecified atom stereocenters. The molecule has 4 heteroatoms. The molecule has 1 aliphatic carbocycles. The molecule has 1 aliphatic heterocycles. The molecule has 1 aromatic rings. The van der Waals surface area contributed by atoms with E-state index >= 15 is 0 Å². The summed E-state index contributed by atoms with van der Waals surface area (Å²) in [6, 6.07) is 9.75. The monoisotopic (exact) mass is 315 g/mol. The SMILES string of the molecule is CC(OCc1ccccc1)C(=O)N1C(=O)[C@]2(C)CC[C@H]1C2(C)C. The maximum Gasteiger partial charge on any atom is 0.258 e. The van der Waals surface area contributed by atoms with Gasteiger partial charge in [-0.15, -0.1) is 0 Å². The van der Waals surface area contributed by atoms with Gasteiger partial charge in [0.1, 0.15) is 6.10 Å². The molecule has 124 valence electrons. The third-order valence-electron chi connectivity index (χ3n) is 6.10. The highest BCUT2D eigenvalue weighted by molar-refractivity contribution is 6.03. The number of hydrogen-bond donors (Lipinski definition) is 0. The molecular formula is C19H25NO3. The minimum absolute atomic E-state index is 0.00437. The molecule has 3 rings (SSSR count). The summed E-state index contributed by atoms with van der Waals surface area (Å²) < 4.78 is 5.72. The van der Waals surface area contributed by atoms with Gasteiger partial charge in [-0.3, -0.25) is 14.5 Å². The molecule has 2 fully saturated rings. The van der Waals surface area contributed by atoms with E-state index in [1.807, 2.05) is 37.3 Å². The Morgan fingerprint density at radius 2 is 1.96 bits per heavy atom. The number of amides is 2. The second-order valence-electron chi connectivity index (χ2n) is 7.56. The second kappa shape index (κ2) is 5.45. The highest BCUT2D eigenvalue weighted by Gasteiger charge is 2.67. The third-order valence-corrected chi connectivity index (χ3v) is 6.10. The van der Waals surface area contributed by atoms with E-state index < -0.39 is 11.5 Å². The molecule has 3 atom stereocenters. The van der Waals surface area contributed by atoms with Crippen LogP contribution in [0.25, 0.3) is 0 Å². The summed E-state index contributed by atoms with van der Waals surface area (Å²) in [6.07, 6.45) is 1.15. The van der Waals surface area contributed by atoms with E-state index in [1.165, 1.54) is 4.90 Å². The molecule has 2 bridgehead atoms. The van der Waals surface area contributed by atoms with Crippen LogP contribution in [0.5, 0.6) is 0 Å². The van der Waals surface area contributed by atoms with Crippen molar-refractivity contribution in [2.24, 2.45) is 10.8 Å². The minimum Gasteiger partial charge on any atom is -0.364 e. The summed E-state index contributed by atoms with van der Waals surface area (Å²) in [5.41, 5.74) is 0.430.